The van der Waals surface area contributed by atoms with Crippen LogP contribution in [-0.2, 0) is 14.1 Å². The van der Waals surface area contributed by atoms with Crippen LogP contribution in [0.15, 0.2) is 9.59 Å². The van der Waals surface area contributed by atoms with Crippen LogP contribution < -0.4 is 16.1 Å². The highest BCUT2D eigenvalue weighted by atomic mass is 16.3. The lowest BCUT2D eigenvalue weighted by molar-refractivity contribution is 0.0572. The fraction of sp³-hybridized carbons (Fsp3) is 0.667. The van der Waals surface area contributed by atoms with Crippen molar-refractivity contribution in [1.82, 2.24) is 14.3 Å². The van der Waals surface area contributed by atoms with Gasteiger partial charge in [0.25, 0.3) is 5.56 Å². The first-order chi connectivity index (χ1) is 7.91. The SMILES string of the molecule is Cn1nc(N2CC(O)C(O)C2)c(=O)n(C)c1=O. The summed E-state index contributed by atoms with van der Waals surface area (Å²) in [5.41, 5.74) is -1.05. The van der Waals surface area contributed by atoms with Gasteiger partial charge in [-0.2, -0.15) is 0 Å². The number of hydrogen-bond acceptors (Lipinski definition) is 6. The van der Waals surface area contributed by atoms with Crippen molar-refractivity contribution >= 4 is 5.82 Å². The van der Waals surface area contributed by atoms with Crippen LogP contribution in [0.1, 0.15) is 0 Å². The zero-order valence-corrected chi connectivity index (χ0v) is 9.57. The van der Waals surface area contributed by atoms with Crippen LogP contribution in [0.5, 0.6) is 0 Å². The number of rotatable bonds is 1. The minimum Gasteiger partial charge on any atom is -0.389 e. The standard InChI is InChI=1S/C9H14N4O4/c1-11-8(16)7(10-12(2)9(11)17)13-3-5(14)6(15)4-13/h5-6,14-15H,3-4H2,1-2H3. The molecule has 0 radical (unpaired) electrons. The van der Waals surface area contributed by atoms with Crippen molar-refractivity contribution in [3.63, 3.8) is 0 Å². The first-order valence-electron chi connectivity index (χ1n) is 5.17. The van der Waals surface area contributed by atoms with E-state index in [1.807, 2.05) is 0 Å². The van der Waals surface area contributed by atoms with E-state index in [4.69, 9.17) is 0 Å². The minimum absolute atomic E-state index is 0.0604. The largest absolute Gasteiger partial charge is 0.389 e. The molecule has 0 amide bonds. The van der Waals surface area contributed by atoms with E-state index in [0.29, 0.717) is 0 Å². The first-order valence-corrected chi connectivity index (χ1v) is 5.17. The van der Waals surface area contributed by atoms with E-state index in [2.05, 4.69) is 5.10 Å². The molecule has 1 fully saturated rings. The molecule has 17 heavy (non-hydrogen) atoms. The summed E-state index contributed by atoms with van der Waals surface area (Å²) in [4.78, 5) is 24.7. The molecule has 2 heterocycles. The number of aliphatic hydroxyl groups excluding tert-OH is 2. The second-order valence-corrected chi connectivity index (χ2v) is 4.13. The van der Waals surface area contributed by atoms with Crippen LogP contribution in [0.4, 0.5) is 5.82 Å². The highest BCUT2D eigenvalue weighted by Gasteiger charge is 2.32. The Labute approximate surface area is 96.3 Å². The summed E-state index contributed by atoms with van der Waals surface area (Å²) in [7, 11) is 2.80. The number of anilines is 1. The summed E-state index contributed by atoms with van der Waals surface area (Å²) in [6.45, 7) is 0.253. The Morgan fingerprint density at radius 3 is 2.24 bits per heavy atom. The fourth-order valence-corrected chi connectivity index (χ4v) is 1.82. The average molecular weight is 242 g/mol. The van der Waals surface area contributed by atoms with E-state index in [1.54, 1.807) is 0 Å². The van der Waals surface area contributed by atoms with Gasteiger partial charge >= 0.3 is 5.69 Å². The van der Waals surface area contributed by atoms with Crippen molar-refractivity contribution in [3.05, 3.63) is 20.8 Å². The maximum absolute atomic E-state index is 11.8. The van der Waals surface area contributed by atoms with Crippen molar-refractivity contribution in [2.75, 3.05) is 18.0 Å². The molecule has 0 spiro atoms. The van der Waals surface area contributed by atoms with Gasteiger partial charge in [-0.15, -0.1) is 5.10 Å². The summed E-state index contributed by atoms with van der Waals surface area (Å²) in [5, 5.41) is 22.7. The molecule has 8 nitrogen and oxygen atoms in total. The third kappa shape index (κ3) is 1.85. The Morgan fingerprint density at radius 2 is 1.71 bits per heavy atom. The molecule has 0 aliphatic carbocycles. The summed E-state index contributed by atoms with van der Waals surface area (Å²) >= 11 is 0. The normalized spacial score (nSPS) is 24.4. The molecule has 0 saturated carbocycles. The number of β-amino-alcohol motifs (C(OH)–C–C–N with tert-alkyl or cyclic N) is 2. The van der Waals surface area contributed by atoms with Crippen molar-refractivity contribution in [3.8, 4) is 0 Å². The molecule has 0 bridgehead atoms. The van der Waals surface area contributed by atoms with E-state index in [0.717, 1.165) is 9.25 Å². The predicted molar refractivity (Wildman–Crippen MR) is 58.9 cm³/mol. The molecule has 1 saturated heterocycles. The van der Waals surface area contributed by atoms with E-state index < -0.39 is 23.5 Å². The van der Waals surface area contributed by atoms with Crippen LogP contribution >= 0.6 is 0 Å². The Kier molecular flexibility index (Phi) is 2.76. The second-order valence-electron chi connectivity index (χ2n) is 4.13. The van der Waals surface area contributed by atoms with Crippen LogP contribution in [-0.4, -0.2) is 49.9 Å². The molecule has 1 aromatic heterocycles. The zero-order chi connectivity index (χ0) is 12.7. The molecule has 2 unspecified atom stereocenters. The first kappa shape index (κ1) is 11.8. The quantitative estimate of drug-likeness (QED) is 0.545. The van der Waals surface area contributed by atoms with Gasteiger partial charge in [-0.3, -0.25) is 9.36 Å². The number of aryl methyl sites for hydroxylation is 1. The van der Waals surface area contributed by atoms with Crippen molar-refractivity contribution in [2.24, 2.45) is 14.1 Å². The fourth-order valence-electron chi connectivity index (χ4n) is 1.82. The lowest BCUT2D eigenvalue weighted by Crippen LogP contribution is -2.42. The Hall–Kier alpha value is -1.67. The molecule has 2 N–H and O–H groups in total. The lowest BCUT2D eigenvalue weighted by Gasteiger charge is -2.16. The molecule has 1 aliphatic heterocycles. The third-order valence-corrected chi connectivity index (χ3v) is 2.86. The van der Waals surface area contributed by atoms with Crippen LogP contribution in [0.2, 0.25) is 0 Å². The average Bonchev–Trinajstić information content (AvgIpc) is 2.61. The Bertz CT molecular complexity index is 539. The molecule has 0 aromatic carbocycles. The highest BCUT2D eigenvalue weighted by molar-refractivity contribution is 5.37. The van der Waals surface area contributed by atoms with Gasteiger partial charge in [0.05, 0.1) is 12.2 Å². The van der Waals surface area contributed by atoms with Gasteiger partial charge in [-0.1, -0.05) is 0 Å². The monoisotopic (exact) mass is 242 g/mol. The number of aromatic nitrogens is 3. The zero-order valence-electron chi connectivity index (χ0n) is 9.57. The molecular weight excluding hydrogens is 228 g/mol. The molecule has 2 rings (SSSR count). The molecule has 2 atom stereocenters. The maximum Gasteiger partial charge on any atom is 0.346 e. The molecule has 1 aliphatic rings. The maximum atomic E-state index is 11.8. The van der Waals surface area contributed by atoms with Gasteiger partial charge in [0.2, 0.25) is 5.82 Å². The van der Waals surface area contributed by atoms with Crippen molar-refractivity contribution in [1.29, 1.82) is 0 Å². The van der Waals surface area contributed by atoms with Gasteiger partial charge < -0.3 is 15.1 Å². The lowest BCUT2D eigenvalue weighted by atomic mass is 10.3. The molecular formula is C9H14N4O4. The summed E-state index contributed by atoms with van der Waals surface area (Å²) in [5.74, 6) is 0.0604. The van der Waals surface area contributed by atoms with Gasteiger partial charge in [-0.25, -0.2) is 9.48 Å². The highest BCUT2D eigenvalue weighted by Crippen LogP contribution is 2.13. The predicted octanol–water partition coefficient (Wildman–Crippen LogP) is -2.98. The summed E-state index contributed by atoms with van der Waals surface area (Å²) < 4.78 is 1.99. The van der Waals surface area contributed by atoms with E-state index in [9.17, 15) is 19.8 Å². The van der Waals surface area contributed by atoms with Crippen molar-refractivity contribution in [2.45, 2.75) is 12.2 Å². The Balaban J connectivity index is 2.48. The van der Waals surface area contributed by atoms with Crippen LogP contribution in [0, 0.1) is 0 Å². The summed E-state index contributed by atoms with van der Waals surface area (Å²) in [6, 6.07) is 0. The Morgan fingerprint density at radius 1 is 1.18 bits per heavy atom. The summed E-state index contributed by atoms with van der Waals surface area (Å²) in [6.07, 6.45) is -1.81. The third-order valence-electron chi connectivity index (χ3n) is 2.86. The minimum atomic E-state index is -0.904. The van der Waals surface area contributed by atoms with Gasteiger partial charge in [0.15, 0.2) is 0 Å². The van der Waals surface area contributed by atoms with E-state index in [1.165, 1.54) is 19.0 Å². The van der Waals surface area contributed by atoms with Gasteiger partial charge in [-0.05, 0) is 0 Å². The van der Waals surface area contributed by atoms with Crippen LogP contribution in [0.25, 0.3) is 0 Å². The smallest absolute Gasteiger partial charge is 0.346 e. The van der Waals surface area contributed by atoms with E-state index in [-0.39, 0.29) is 18.9 Å². The van der Waals surface area contributed by atoms with Gasteiger partial charge in [0.1, 0.15) is 0 Å². The van der Waals surface area contributed by atoms with E-state index >= 15 is 0 Å². The van der Waals surface area contributed by atoms with Crippen molar-refractivity contribution < 1.29 is 10.2 Å². The van der Waals surface area contributed by atoms with Gasteiger partial charge in [0, 0.05) is 27.2 Å². The molecule has 94 valence electrons. The molecule has 8 heteroatoms. The second kappa shape index (κ2) is 3.97. The molecule has 1 aromatic rings. The number of aliphatic hydroxyl groups is 2. The number of nitrogens with zero attached hydrogens (tertiary/aromatic N) is 4. The van der Waals surface area contributed by atoms with Crippen LogP contribution in [0.3, 0.4) is 0 Å². The number of hydrogen-bond donors (Lipinski definition) is 2. The topological polar surface area (TPSA) is 101 Å².